The van der Waals surface area contributed by atoms with E-state index in [0.717, 1.165) is 43.6 Å². The van der Waals surface area contributed by atoms with E-state index >= 15 is 0 Å². The van der Waals surface area contributed by atoms with E-state index in [1.165, 1.54) is 16.3 Å². The fourth-order valence-electron chi connectivity index (χ4n) is 5.56. The summed E-state index contributed by atoms with van der Waals surface area (Å²) in [7, 11) is 0. The molecule has 1 N–H and O–H groups in total. The molecular weight excluding hydrogens is 587 g/mol. The molecule has 218 valence electrons. The molecule has 2 atom stereocenters. The van der Waals surface area contributed by atoms with Crippen LogP contribution in [0.25, 0.3) is 43.7 Å². The van der Waals surface area contributed by atoms with E-state index in [1.807, 2.05) is 30.3 Å². The molecule has 0 radical (unpaired) electrons. The number of aromatic nitrogens is 1. The maximum absolute atomic E-state index is 11.8. The largest absolute Gasteiger partial charge is 0.479 e. The smallest absolute Gasteiger partial charge is 0.344 e. The molecular formula is C37H29NO4S2. The number of thioether (sulfide) groups is 1. The Labute approximate surface area is 264 Å². The number of para-hydroxylation sites is 1. The van der Waals surface area contributed by atoms with Gasteiger partial charge in [0.2, 0.25) is 0 Å². The summed E-state index contributed by atoms with van der Waals surface area (Å²) in [6.07, 6.45) is -0.636. The van der Waals surface area contributed by atoms with Crippen molar-refractivity contribution in [3.63, 3.8) is 0 Å². The quantitative estimate of drug-likeness (QED) is 0.175. The van der Waals surface area contributed by atoms with Gasteiger partial charge in [-0.25, -0.2) is 9.78 Å². The standard InChI is InChI=1S/C37H29NO4S2/c1-2-30(36(39)40)41-31-21-11-20-29-32-34(37(42-33(29)31)43-22-23-12-4-3-5-13-23)44-35(38-32)28-18-9-8-17-27(28)26-19-10-15-24-14-6-7-16-25(24)26/h3-21,30,37H,2,22H2,1H3,(H,39,40). The zero-order valence-corrected chi connectivity index (χ0v) is 25.6. The molecule has 2 unspecified atom stereocenters. The number of thiazole rings is 1. The van der Waals surface area contributed by atoms with Gasteiger partial charge in [-0.2, -0.15) is 0 Å². The lowest BCUT2D eigenvalue weighted by Gasteiger charge is -2.27. The van der Waals surface area contributed by atoms with E-state index in [4.69, 9.17) is 14.5 Å². The van der Waals surface area contributed by atoms with Crippen LogP contribution >= 0.6 is 23.1 Å². The van der Waals surface area contributed by atoms with Crippen molar-refractivity contribution in [2.24, 2.45) is 0 Å². The van der Waals surface area contributed by atoms with Crippen molar-refractivity contribution in [3.05, 3.63) is 126 Å². The maximum Gasteiger partial charge on any atom is 0.344 e. The van der Waals surface area contributed by atoms with Crippen LogP contribution in [0.4, 0.5) is 0 Å². The van der Waals surface area contributed by atoms with Gasteiger partial charge >= 0.3 is 5.97 Å². The highest BCUT2D eigenvalue weighted by molar-refractivity contribution is 7.98. The molecule has 7 heteroatoms. The molecule has 1 aromatic heterocycles. The minimum atomic E-state index is -1.00. The SMILES string of the molecule is CCC(Oc1cccc2c1OC(SCc1ccccc1)c1sc(-c3ccccc3-c3cccc4ccccc34)nc1-2)C(=O)O. The molecule has 1 aliphatic heterocycles. The Hall–Kier alpha value is -4.59. The highest BCUT2D eigenvalue weighted by Crippen LogP contribution is 2.54. The summed E-state index contributed by atoms with van der Waals surface area (Å²) in [5, 5.41) is 13.0. The first-order valence-corrected chi connectivity index (χ1v) is 16.4. The second-order valence-corrected chi connectivity index (χ2v) is 12.6. The fraction of sp³-hybridized carbons (Fsp3) is 0.135. The van der Waals surface area contributed by atoms with Crippen LogP contribution in [-0.2, 0) is 10.5 Å². The monoisotopic (exact) mass is 615 g/mol. The molecule has 5 nitrogen and oxygen atoms in total. The van der Waals surface area contributed by atoms with E-state index in [2.05, 4.69) is 78.9 Å². The third-order valence-electron chi connectivity index (χ3n) is 7.72. The van der Waals surface area contributed by atoms with Crippen molar-refractivity contribution in [3.8, 4) is 44.5 Å². The predicted molar refractivity (Wildman–Crippen MR) is 179 cm³/mol. The lowest BCUT2D eigenvalue weighted by atomic mass is 9.95. The van der Waals surface area contributed by atoms with Crippen LogP contribution in [0.1, 0.15) is 29.2 Å². The van der Waals surface area contributed by atoms with E-state index in [9.17, 15) is 9.90 Å². The van der Waals surface area contributed by atoms with Crippen molar-refractivity contribution in [2.45, 2.75) is 30.6 Å². The molecule has 0 amide bonds. The van der Waals surface area contributed by atoms with Crippen molar-refractivity contribution >= 4 is 39.8 Å². The number of fused-ring (bicyclic) bond motifs is 4. The van der Waals surface area contributed by atoms with E-state index < -0.39 is 12.1 Å². The summed E-state index contributed by atoms with van der Waals surface area (Å²) >= 11 is 3.33. The van der Waals surface area contributed by atoms with E-state index in [1.54, 1.807) is 36.1 Å². The number of aliphatic carboxylic acids is 1. The summed E-state index contributed by atoms with van der Waals surface area (Å²) < 4.78 is 12.7. The first-order valence-electron chi connectivity index (χ1n) is 14.5. The summed E-state index contributed by atoms with van der Waals surface area (Å²) in [5.41, 5.74) is 5.84. The van der Waals surface area contributed by atoms with Gasteiger partial charge in [0, 0.05) is 16.9 Å². The molecule has 6 aromatic rings. The third kappa shape index (κ3) is 5.34. The van der Waals surface area contributed by atoms with E-state index in [0.29, 0.717) is 17.9 Å². The molecule has 0 aliphatic carbocycles. The fourth-order valence-corrected chi connectivity index (χ4v) is 7.90. The Morgan fingerprint density at radius 3 is 2.36 bits per heavy atom. The van der Waals surface area contributed by atoms with Crippen LogP contribution in [0.3, 0.4) is 0 Å². The van der Waals surface area contributed by atoms with Crippen LogP contribution in [0, 0.1) is 0 Å². The Balaban J connectivity index is 1.35. The van der Waals surface area contributed by atoms with Crippen LogP contribution < -0.4 is 9.47 Å². The Bertz CT molecular complexity index is 1960. The number of hydrogen-bond donors (Lipinski definition) is 1. The number of hydrogen-bond acceptors (Lipinski definition) is 6. The minimum Gasteiger partial charge on any atom is -0.479 e. The normalized spacial score (nSPS) is 14.3. The topological polar surface area (TPSA) is 68.7 Å². The van der Waals surface area contributed by atoms with Gasteiger partial charge in [0.15, 0.2) is 23.0 Å². The number of carboxylic acid groups (broad SMARTS) is 1. The molecule has 1 aliphatic rings. The lowest BCUT2D eigenvalue weighted by Crippen LogP contribution is -2.26. The van der Waals surface area contributed by atoms with Crippen LogP contribution in [0.5, 0.6) is 11.5 Å². The predicted octanol–water partition coefficient (Wildman–Crippen LogP) is 9.86. The minimum absolute atomic E-state index is 0.336. The van der Waals surface area contributed by atoms with E-state index in [-0.39, 0.29) is 5.44 Å². The molecule has 5 aromatic carbocycles. The van der Waals surface area contributed by atoms with Crippen molar-refractivity contribution in [1.82, 2.24) is 4.98 Å². The first kappa shape index (κ1) is 28.2. The van der Waals surface area contributed by atoms with Crippen molar-refractivity contribution in [2.75, 3.05) is 0 Å². The van der Waals surface area contributed by atoms with Gasteiger partial charge < -0.3 is 14.6 Å². The van der Waals surface area contributed by atoms with Gasteiger partial charge in [-0.3, -0.25) is 0 Å². The molecule has 0 bridgehead atoms. The number of ether oxygens (including phenoxy) is 2. The summed E-state index contributed by atoms with van der Waals surface area (Å²) in [6, 6.07) is 39.2. The van der Waals surface area contributed by atoms with Gasteiger partial charge in [0.25, 0.3) is 0 Å². The molecule has 0 saturated heterocycles. The summed E-state index contributed by atoms with van der Waals surface area (Å²) in [5.74, 6) is 0.691. The molecule has 0 spiro atoms. The van der Waals surface area contributed by atoms with Crippen molar-refractivity contribution < 1.29 is 19.4 Å². The second kappa shape index (κ2) is 12.2. The molecule has 0 saturated carbocycles. The zero-order chi connectivity index (χ0) is 30.0. The highest BCUT2D eigenvalue weighted by Gasteiger charge is 2.34. The number of nitrogens with zero attached hydrogens (tertiary/aromatic N) is 1. The summed E-state index contributed by atoms with van der Waals surface area (Å²) in [4.78, 5) is 18.1. The van der Waals surface area contributed by atoms with Crippen molar-refractivity contribution in [1.29, 1.82) is 0 Å². The Kier molecular flexibility index (Phi) is 7.81. The lowest BCUT2D eigenvalue weighted by molar-refractivity contribution is -0.145. The van der Waals surface area contributed by atoms with Gasteiger partial charge in [-0.05, 0) is 46.0 Å². The maximum atomic E-state index is 11.8. The number of carbonyl (C=O) groups is 1. The molecule has 44 heavy (non-hydrogen) atoms. The molecule has 2 heterocycles. The average molecular weight is 616 g/mol. The molecule has 7 rings (SSSR count). The first-order chi connectivity index (χ1) is 21.6. The van der Waals surface area contributed by atoms with Crippen LogP contribution in [0.15, 0.2) is 115 Å². The third-order valence-corrected chi connectivity index (χ3v) is 10.1. The van der Waals surface area contributed by atoms with Crippen LogP contribution in [-0.4, -0.2) is 22.2 Å². The average Bonchev–Trinajstić information content (AvgIpc) is 3.52. The molecule has 0 fully saturated rings. The van der Waals surface area contributed by atoms with Gasteiger partial charge in [-0.1, -0.05) is 110 Å². The van der Waals surface area contributed by atoms with Gasteiger partial charge in [0.05, 0.1) is 10.6 Å². The highest BCUT2D eigenvalue weighted by atomic mass is 32.2. The van der Waals surface area contributed by atoms with Gasteiger partial charge in [-0.15, -0.1) is 23.1 Å². The Morgan fingerprint density at radius 1 is 0.864 bits per heavy atom. The van der Waals surface area contributed by atoms with Gasteiger partial charge in [0.1, 0.15) is 5.01 Å². The zero-order valence-electron chi connectivity index (χ0n) is 24.0. The number of carboxylic acids is 1. The Morgan fingerprint density at radius 2 is 1.55 bits per heavy atom. The second-order valence-electron chi connectivity index (χ2n) is 10.5. The summed E-state index contributed by atoms with van der Waals surface area (Å²) in [6.45, 7) is 1.80. The number of rotatable bonds is 9. The van der Waals surface area contributed by atoms with Crippen LogP contribution in [0.2, 0.25) is 0 Å². The number of benzene rings is 5.